The quantitative estimate of drug-likeness (QED) is 0.481. The summed E-state index contributed by atoms with van der Waals surface area (Å²) in [5.74, 6) is 0.452. The second-order valence-electron chi connectivity index (χ2n) is 7.23. The summed E-state index contributed by atoms with van der Waals surface area (Å²) < 4.78 is 7.90. The van der Waals surface area contributed by atoms with Gasteiger partial charge in [-0.05, 0) is 25.1 Å². The Morgan fingerprint density at radius 1 is 1.03 bits per heavy atom. The van der Waals surface area contributed by atoms with Crippen LogP contribution in [0.2, 0.25) is 0 Å². The third kappa shape index (κ3) is 2.66. The van der Waals surface area contributed by atoms with E-state index in [1.165, 1.54) is 21.8 Å². The highest BCUT2D eigenvalue weighted by molar-refractivity contribution is 6.08. The lowest BCUT2D eigenvalue weighted by atomic mass is 10.1. The van der Waals surface area contributed by atoms with Gasteiger partial charge < -0.3 is 25.4 Å². The number of hydrogen-bond acceptors (Lipinski definition) is 6. The van der Waals surface area contributed by atoms with E-state index in [0.29, 0.717) is 18.1 Å². The predicted octanol–water partition coefficient (Wildman–Crippen LogP) is 4.15. The third-order valence-corrected chi connectivity index (χ3v) is 5.48. The largest absolute Gasteiger partial charge is 0.446 e. The molecule has 0 saturated heterocycles. The lowest BCUT2D eigenvalue weighted by molar-refractivity contribution is 0.598. The number of hydrogen-bond donors (Lipinski definition) is 2. The van der Waals surface area contributed by atoms with Crippen LogP contribution in [-0.2, 0) is 13.1 Å². The molecule has 3 heterocycles. The number of anilines is 3. The topological polar surface area (TPSA) is 99.1 Å². The molecule has 0 saturated carbocycles. The lowest BCUT2D eigenvalue weighted by Gasteiger charge is -2.19. The van der Waals surface area contributed by atoms with Crippen molar-refractivity contribution < 1.29 is 4.42 Å². The molecule has 0 aliphatic rings. The number of rotatable bonds is 4. The van der Waals surface area contributed by atoms with Crippen LogP contribution in [0.5, 0.6) is 0 Å². The molecule has 0 atom stereocenters. The molecule has 0 bridgehead atoms. The normalized spacial score (nSPS) is 11.7. The molecule has 146 valence electrons. The molecule has 2 aromatic carbocycles. The van der Waals surface area contributed by atoms with Gasteiger partial charge in [-0.15, -0.1) is 0 Å². The van der Waals surface area contributed by atoms with Crippen molar-refractivity contribution in [3.63, 3.8) is 0 Å². The molecule has 0 amide bonds. The first-order chi connectivity index (χ1) is 14.1. The van der Waals surface area contributed by atoms with E-state index in [4.69, 9.17) is 15.9 Å². The minimum atomic E-state index is 0.113. The van der Waals surface area contributed by atoms with Gasteiger partial charge in [-0.1, -0.05) is 24.3 Å². The summed E-state index contributed by atoms with van der Waals surface area (Å²) in [6, 6.07) is 15.1. The molecule has 3 aromatic heterocycles. The summed E-state index contributed by atoms with van der Waals surface area (Å²) in [6.07, 6.45) is 1.67. The minimum Gasteiger partial charge on any atom is -0.446 e. The first kappa shape index (κ1) is 17.4. The lowest BCUT2D eigenvalue weighted by Crippen LogP contribution is -2.16. The van der Waals surface area contributed by atoms with Gasteiger partial charge in [0, 0.05) is 47.7 Å². The number of furan rings is 1. The van der Waals surface area contributed by atoms with Gasteiger partial charge in [-0.2, -0.15) is 9.97 Å². The predicted molar refractivity (Wildman–Crippen MR) is 118 cm³/mol. The van der Waals surface area contributed by atoms with Crippen molar-refractivity contribution in [2.75, 3.05) is 23.4 Å². The van der Waals surface area contributed by atoms with Gasteiger partial charge in [0.15, 0.2) is 0 Å². The van der Waals surface area contributed by atoms with E-state index >= 15 is 0 Å². The summed E-state index contributed by atoms with van der Waals surface area (Å²) in [4.78, 5) is 10.4. The first-order valence-electron chi connectivity index (χ1n) is 9.58. The van der Waals surface area contributed by atoms with Crippen molar-refractivity contribution >= 4 is 50.4 Å². The fourth-order valence-corrected chi connectivity index (χ4v) is 4.13. The Morgan fingerprint density at radius 3 is 2.66 bits per heavy atom. The molecule has 29 heavy (non-hydrogen) atoms. The maximum Gasteiger partial charge on any atom is 0.233 e. The molecule has 0 radical (unpaired) electrons. The van der Waals surface area contributed by atoms with Gasteiger partial charge in [0.05, 0.1) is 17.2 Å². The summed E-state index contributed by atoms with van der Waals surface area (Å²) >= 11 is 0. The van der Waals surface area contributed by atoms with Crippen LogP contribution >= 0.6 is 0 Å². The highest BCUT2D eigenvalue weighted by Crippen LogP contribution is 2.33. The number of para-hydroxylation sites is 1. The third-order valence-electron chi connectivity index (χ3n) is 5.48. The van der Waals surface area contributed by atoms with E-state index in [2.05, 4.69) is 68.8 Å². The van der Waals surface area contributed by atoms with Crippen LogP contribution in [0.3, 0.4) is 0 Å². The zero-order valence-electron chi connectivity index (χ0n) is 16.4. The van der Waals surface area contributed by atoms with Gasteiger partial charge in [0.25, 0.3) is 0 Å². The zero-order chi connectivity index (χ0) is 20.1. The number of nitrogens with two attached hydrogens (primary N) is 2. The average molecular weight is 386 g/mol. The number of nitrogens with zero attached hydrogens (tertiary/aromatic N) is 4. The van der Waals surface area contributed by atoms with Crippen molar-refractivity contribution in [2.24, 2.45) is 0 Å². The van der Waals surface area contributed by atoms with Crippen LogP contribution < -0.4 is 16.4 Å². The summed E-state index contributed by atoms with van der Waals surface area (Å²) in [7, 11) is 2.05. The van der Waals surface area contributed by atoms with Crippen LogP contribution in [0, 0.1) is 0 Å². The number of aryl methyl sites for hydroxylation is 1. The van der Waals surface area contributed by atoms with Crippen molar-refractivity contribution in [2.45, 2.75) is 20.0 Å². The van der Waals surface area contributed by atoms with Gasteiger partial charge in [-0.25, -0.2) is 0 Å². The summed E-state index contributed by atoms with van der Waals surface area (Å²) in [5, 5.41) is 3.26. The van der Waals surface area contributed by atoms with Crippen molar-refractivity contribution in [1.29, 1.82) is 0 Å². The minimum absolute atomic E-state index is 0.113. The molecule has 7 heteroatoms. The standard InChI is InChI=1S/C22H22N6O/c1-3-28-17-7-5-4-6-15(17)16-9-8-14(10-18(16)28)27(2)11-13-12-29-21-19(13)20(23)25-22(24)26-21/h4-10,12H,3,11H2,1-2H3,(H4,23,24,25,26). The Hall–Kier alpha value is -3.74. The Kier molecular flexibility index (Phi) is 3.84. The van der Waals surface area contributed by atoms with E-state index in [9.17, 15) is 0 Å². The van der Waals surface area contributed by atoms with E-state index < -0.39 is 0 Å². The SMILES string of the molecule is CCn1c2ccccc2c2ccc(N(C)Cc3coc4nc(N)nc(N)c34)cc21. The number of nitrogen functional groups attached to an aromatic ring is 2. The van der Waals surface area contributed by atoms with Crippen molar-refractivity contribution in [3.05, 3.63) is 54.3 Å². The maximum atomic E-state index is 6.06. The number of benzene rings is 2. The van der Waals surface area contributed by atoms with Crippen LogP contribution in [0.1, 0.15) is 12.5 Å². The van der Waals surface area contributed by atoms with Gasteiger partial charge in [0.2, 0.25) is 11.7 Å². The van der Waals surface area contributed by atoms with Crippen LogP contribution in [0.25, 0.3) is 32.9 Å². The molecule has 5 aromatic rings. The molecule has 0 fully saturated rings. The van der Waals surface area contributed by atoms with Crippen LogP contribution in [-0.4, -0.2) is 21.6 Å². The second kappa shape index (κ2) is 6.41. The van der Waals surface area contributed by atoms with Crippen molar-refractivity contribution in [1.82, 2.24) is 14.5 Å². The molecule has 5 rings (SSSR count). The molecule has 0 aliphatic carbocycles. The Morgan fingerprint density at radius 2 is 1.83 bits per heavy atom. The second-order valence-corrected chi connectivity index (χ2v) is 7.23. The van der Waals surface area contributed by atoms with E-state index in [1.807, 2.05) is 7.05 Å². The monoisotopic (exact) mass is 386 g/mol. The Bertz CT molecular complexity index is 1370. The van der Waals surface area contributed by atoms with E-state index in [-0.39, 0.29) is 5.95 Å². The fraction of sp³-hybridized carbons (Fsp3) is 0.182. The Balaban J connectivity index is 1.57. The highest BCUT2D eigenvalue weighted by atomic mass is 16.3. The number of fused-ring (bicyclic) bond motifs is 4. The smallest absolute Gasteiger partial charge is 0.233 e. The number of aromatic nitrogens is 3. The molecule has 4 N–H and O–H groups in total. The zero-order valence-corrected chi connectivity index (χ0v) is 16.4. The van der Waals surface area contributed by atoms with Crippen molar-refractivity contribution in [3.8, 4) is 0 Å². The average Bonchev–Trinajstić information content (AvgIpc) is 3.26. The summed E-state index contributed by atoms with van der Waals surface area (Å²) in [6.45, 7) is 3.70. The maximum absolute atomic E-state index is 6.06. The van der Waals surface area contributed by atoms with Gasteiger partial charge >= 0.3 is 0 Å². The van der Waals surface area contributed by atoms with Crippen LogP contribution in [0.15, 0.2) is 53.1 Å². The molecule has 0 unspecified atom stereocenters. The first-order valence-corrected chi connectivity index (χ1v) is 9.58. The summed E-state index contributed by atoms with van der Waals surface area (Å²) in [5.41, 5.74) is 16.7. The van der Waals surface area contributed by atoms with E-state index in [1.54, 1.807) is 6.26 Å². The van der Waals surface area contributed by atoms with Gasteiger partial charge in [0.1, 0.15) is 5.82 Å². The molecule has 7 nitrogen and oxygen atoms in total. The molecular weight excluding hydrogens is 364 g/mol. The van der Waals surface area contributed by atoms with E-state index in [0.717, 1.165) is 23.2 Å². The molecule has 0 spiro atoms. The fourth-order valence-electron chi connectivity index (χ4n) is 4.13. The highest BCUT2D eigenvalue weighted by Gasteiger charge is 2.16. The Labute approximate surface area is 167 Å². The van der Waals surface area contributed by atoms with Crippen LogP contribution in [0.4, 0.5) is 17.5 Å². The van der Waals surface area contributed by atoms with Gasteiger partial charge in [-0.3, -0.25) is 0 Å². The molecule has 0 aliphatic heterocycles. The molecular formula is C22H22N6O.